The van der Waals surface area contributed by atoms with E-state index in [1.807, 2.05) is 36.7 Å². The molecule has 0 atom stereocenters. The average Bonchev–Trinajstić information content (AvgIpc) is 3.20. The van der Waals surface area contributed by atoms with E-state index in [9.17, 15) is 4.79 Å². The Labute approximate surface area is 166 Å². The molecule has 2 aromatic heterocycles. The Bertz CT molecular complexity index is 912. The number of nitrogens with zero attached hydrogens (tertiary/aromatic N) is 3. The first-order chi connectivity index (χ1) is 13.6. The molecular weight excluding hydrogens is 348 g/mol. The summed E-state index contributed by atoms with van der Waals surface area (Å²) in [5.41, 5.74) is 3.82. The fourth-order valence-corrected chi connectivity index (χ4v) is 3.21. The van der Waals surface area contributed by atoms with Gasteiger partial charge in [0.2, 0.25) is 0 Å². The van der Waals surface area contributed by atoms with E-state index in [0.29, 0.717) is 18.0 Å². The number of amides is 1. The minimum atomic E-state index is -0.0870. The molecule has 1 N–H and O–H groups in total. The van der Waals surface area contributed by atoms with Crippen molar-refractivity contribution >= 4 is 5.91 Å². The topological polar surface area (TPSA) is 59.8 Å². The van der Waals surface area contributed by atoms with E-state index in [-0.39, 0.29) is 5.91 Å². The van der Waals surface area contributed by atoms with Crippen LogP contribution in [-0.4, -0.2) is 27.0 Å². The van der Waals surface area contributed by atoms with Crippen molar-refractivity contribution in [2.45, 2.75) is 46.1 Å². The highest BCUT2D eigenvalue weighted by atomic mass is 16.1. The lowest BCUT2D eigenvalue weighted by Gasteiger charge is -2.11. The van der Waals surface area contributed by atoms with Crippen LogP contribution in [0.5, 0.6) is 0 Å². The first-order valence-corrected chi connectivity index (χ1v) is 9.93. The summed E-state index contributed by atoms with van der Waals surface area (Å²) < 4.78 is 2.15. The second-order valence-corrected chi connectivity index (χ2v) is 7.23. The third kappa shape index (κ3) is 4.85. The summed E-state index contributed by atoms with van der Waals surface area (Å²) in [5.74, 6) is 1.39. The van der Waals surface area contributed by atoms with Gasteiger partial charge in [-0.2, -0.15) is 0 Å². The molecule has 0 aliphatic heterocycles. The van der Waals surface area contributed by atoms with Gasteiger partial charge in [0.25, 0.3) is 5.91 Å². The van der Waals surface area contributed by atoms with Gasteiger partial charge < -0.3 is 9.88 Å². The quantitative estimate of drug-likeness (QED) is 0.591. The summed E-state index contributed by atoms with van der Waals surface area (Å²) in [4.78, 5) is 21.2. The van der Waals surface area contributed by atoms with E-state index in [0.717, 1.165) is 36.5 Å². The van der Waals surface area contributed by atoms with Gasteiger partial charge >= 0.3 is 0 Å². The minimum absolute atomic E-state index is 0.0870. The van der Waals surface area contributed by atoms with Crippen LogP contribution in [0.2, 0.25) is 0 Å². The molecule has 0 bridgehead atoms. The van der Waals surface area contributed by atoms with Gasteiger partial charge in [-0.05, 0) is 36.6 Å². The van der Waals surface area contributed by atoms with Gasteiger partial charge in [0.15, 0.2) is 0 Å². The molecule has 3 aromatic rings. The maximum atomic E-state index is 12.4. The number of aryl methyl sites for hydroxylation is 2. The van der Waals surface area contributed by atoms with Crippen molar-refractivity contribution in [2.24, 2.45) is 0 Å². The van der Waals surface area contributed by atoms with Gasteiger partial charge in [0, 0.05) is 43.2 Å². The van der Waals surface area contributed by atoms with E-state index in [1.54, 1.807) is 6.20 Å². The summed E-state index contributed by atoms with van der Waals surface area (Å²) >= 11 is 0. The normalized spacial score (nSPS) is 11.0. The minimum Gasteiger partial charge on any atom is -0.352 e. The molecule has 5 nitrogen and oxygen atoms in total. The number of benzene rings is 1. The van der Waals surface area contributed by atoms with E-state index < -0.39 is 0 Å². The Morgan fingerprint density at radius 2 is 2.04 bits per heavy atom. The number of rotatable bonds is 8. The number of aromatic nitrogens is 3. The van der Waals surface area contributed by atoms with Crippen molar-refractivity contribution in [1.29, 1.82) is 0 Å². The molecule has 146 valence electrons. The summed E-state index contributed by atoms with van der Waals surface area (Å²) in [6.45, 7) is 7.87. The smallest absolute Gasteiger partial charge is 0.252 e. The third-order valence-corrected chi connectivity index (χ3v) is 4.78. The molecule has 0 spiro atoms. The van der Waals surface area contributed by atoms with Gasteiger partial charge in [-0.15, -0.1) is 0 Å². The lowest BCUT2D eigenvalue weighted by molar-refractivity contribution is 0.0952. The van der Waals surface area contributed by atoms with Crippen LogP contribution < -0.4 is 5.32 Å². The summed E-state index contributed by atoms with van der Waals surface area (Å²) in [7, 11) is 0. The highest BCUT2D eigenvalue weighted by Crippen LogP contribution is 2.19. The fraction of sp³-hybridized carbons (Fsp3) is 0.348. The van der Waals surface area contributed by atoms with Crippen LogP contribution in [0.1, 0.15) is 54.9 Å². The zero-order valence-corrected chi connectivity index (χ0v) is 16.9. The van der Waals surface area contributed by atoms with Crippen molar-refractivity contribution in [3.63, 3.8) is 0 Å². The molecular formula is C23H28N4O. The number of hydrogen-bond acceptors (Lipinski definition) is 3. The zero-order valence-electron chi connectivity index (χ0n) is 16.9. The monoisotopic (exact) mass is 376 g/mol. The predicted molar refractivity (Wildman–Crippen MR) is 112 cm³/mol. The van der Waals surface area contributed by atoms with Crippen LogP contribution >= 0.6 is 0 Å². The van der Waals surface area contributed by atoms with E-state index in [2.05, 4.69) is 52.8 Å². The van der Waals surface area contributed by atoms with E-state index in [4.69, 9.17) is 0 Å². The molecule has 0 saturated heterocycles. The lowest BCUT2D eigenvalue weighted by Crippen LogP contribution is -2.25. The number of carbonyl (C=O) groups excluding carboxylic acids is 1. The fourth-order valence-electron chi connectivity index (χ4n) is 3.21. The first kappa shape index (κ1) is 19.8. The van der Waals surface area contributed by atoms with Crippen molar-refractivity contribution in [3.05, 3.63) is 71.9 Å². The van der Waals surface area contributed by atoms with Crippen molar-refractivity contribution in [2.75, 3.05) is 6.54 Å². The van der Waals surface area contributed by atoms with Gasteiger partial charge in [-0.25, -0.2) is 4.98 Å². The van der Waals surface area contributed by atoms with Crippen LogP contribution in [-0.2, 0) is 13.0 Å². The Morgan fingerprint density at radius 1 is 1.18 bits per heavy atom. The Hall–Kier alpha value is -2.95. The van der Waals surface area contributed by atoms with Crippen molar-refractivity contribution in [1.82, 2.24) is 19.9 Å². The van der Waals surface area contributed by atoms with Crippen LogP contribution in [0, 0.1) is 0 Å². The van der Waals surface area contributed by atoms with E-state index in [1.165, 1.54) is 5.56 Å². The molecule has 0 unspecified atom stereocenters. The molecule has 3 rings (SSSR count). The molecule has 5 heteroatoms. The molecule has 0 fully saturated rings. The second kappa shape index (κ2) is 9.31. The summed E-state index contributed by atoms with van der Waals surface area (Å²) in [5, 5.41) is 2.97. The van der Waals surface area contributed by atoms with Crippen LogP contribution in [0.25, 0.3) is 11.3 Å². The molecule has 0 aliphatic carbocycles. The zero-order chi connectivity index (χ0) is 19.9. The maximum Gasteiger partial charge on any atom is 0.252 e. The molecule has 0 saturated carbocycles. The Balaban J connectivity index is 1.52. The average molecular weight is 377 g/mol. The highest BCUT2D eigenvalue weighted by Gasteiger charge is 2.09. The number of imidazole rings is 1. The number of carbonyl (C=O) groups is 1. The molecule has 1 amide bonds. The number of pyridine rings is 1. The van der Waals surface area contributed by atoms with Crippen LogP contribution in [0.15, 0.2) is 55.0 Å². The largest absolute Gasteiger partial charge is 0.352 e. The highest BCUT2D eigenvalue weighted by molar-refractivity contribution is 5.94. The lowest BCUT2D eigenvalue weighted by atomic mass is 10.1. The molecule has 2 heterocycles. The van der Waals surface area contributed by atoms with Gasteiger partial charge in [-0.3, -0.25) is 9.78 Å². The maximum absolute atomic E-state index is 12.4. The standard InChI is InChI=1S/C23H28N4O/c1-4-18-7-5-8-19(15-18)21-10-9-20(16-26-21)23(28)25-11-6-13-27-14-12-24-22(27)17(2)3/h5,7-10,12,14-17H,4,6,11,13H2,1-3H3,(H,25,28). The molecule has 28 heavy (non-hydrogen) atoms. The van der Waals surface area contributed by atoms with Crippen LogP contribution in [0.3, 0.4) is 0 Å². The van der Waals surface area contributed by atoms with Crippen LogP contribution in [0.4, 0.5) is 0 Å². The Morgan fingerprint density at radius 3 is 2.75 bits per heavy atom. The SMILES string of the molecule is CCc1cccc(-c2ccc(C(=O)NCCCn3ccnc3C(C)C)cn2)c1. The summed E-state index contributed by atoms with van der Waals surface area (Å²) in [6, 6.07) is 12.1. The second-order valence-electron chi connectivity index (χ2n) is 7.23. The summed E-state index contributed by atoms with van der Waals surface area (Å²) in [6.07, 6.45) is 7.32. The molecule has 1 aromatic carbocycles. The number of hydrogen-bond donors (Lipinski definition) is 1. The Kier molecular flexibility index (Phi) is 6.58. The van der Waals surface area contributed by atoms with Crippen molar-refractivity contribution in [3.8, 4) is 11.3 Å². The van der Waals surface area contributed by atoms with Gasteiger partial charge in [0.1, 0.15) is 5.82 Å². The van der Waals surface area contributed by atoms with Gasteiger partial charge in [-0.1, -0.05) is 39.0 Å². The third-order valence-electron chi connectivity index (χ3n) is 4.78. The van der Waals surface area contributed by atoms with E-state index >= 15 is 0 Å². The number of nitrogens with one attached hydrogen (secondary N) is 1. The van der Waals surface area contributed by atoms with Crippen molar-refractivity contribution < 1.29 is 4.79 Å². The van der Waals surface area contributed by atoms with Gasteiger partial charge in [0.05, 0.1) is 11.3 Å². The predicted octanol–water partition coefficient (Wildman–Crippen LogP) is 4.45. The molecule has 0 aliphatic rings. The molecule has 0 radical (unpaired) electrons. The first-order valence-electron chi connectivity index (χ1n) is 9.93.